The van der Waals surface area contributed by atoms with Gasteiger partial charge in [0.2, 0.25) is 0 Å². The van der Waals surface area contributed by atoms with Crippen molar-refractivity contribution in [3.8, 4) is 5.75 Å². The van der Waals surface area contributed by atoms with Crippen LogP contribution in [0.5, 0.6) is 5.75 Å². The lowest BCUT2D eigenvalue weighted by Gasteiger charge is -2.25. The number of carbonyl (C=O) groups is 4. The molecule has 4 rings (SSSR count). The van der Waals surface area contributed by atoms with Gasteiger partial charge >= 0.3 is 17.9 Å². The summed E-state index contributed by atoms with van der Waals surface area (Å²) in [5.41, 5.74) is 2.83. The van der Waals surface area contributed by atoms with Crippen molar-refractivity contribution in [3.05, 3.63) is 87.1 Å². The van der Waals surface area contributed by atoms with E-state index in [1.807, 2.05) is 54.6 Å². The lowest BCUT2D eigenvalue weighted by Crippen LogP contribution is -2.36. The highest BCUT2D eigenvalue weighted by Gasteiger charge is 2.54. The van der Waals surface area contributed by atoms with E-state index in [0.29, 0.717) is 30.7 Å². The molecular formula is C38H46O9S. The molecule has 1 saturated carbocycles. The van der Waals surface area contributed by atoms with Gasteiger partial charge in [0.25, 0.3) is 0 Å². The van der Waals surface area contributed by atoms with Gasteiger partial charge in [0.15, 0.2) is 11.9 Å². The largest absolute Gasteiger partial charge is 0.497 e. The summed E-state index contributed by atoms with van der Waals surface area (Å²) < 4.78 is 27.7. The summed E-state index contributed by atoms with van der Waals surface area (Å²) in [6, 6.07) is 19.3. The SMILES string of the molecule is CCCCCC(OCc1ccc(OC)cc1)c1ccc([C@H]2C(=O)C(OC(C)=O)C(OC(C)=O)C2CCCc2ccc(C(=O)OC)s2)cc1. The number of Topliss-reactive ketones (excluding diaryl/α,β-unsaturated/α-hetero) is 1. The average Bonchev–Trinajstić information content (AvgIpc) is 3.65. The summed E-state index contributed by atoms with van der Waals surface area (Å²) in [7, 11) is 2.99. The Kier molecular flexibility index (Phi) is 13.8. The number of carbonyl (C=O) groups excluding carboxylic acids is 4. The third-order valence-corrected chi connectivity index (χ3v) is 9.81. The maximum absolute atomic E-state index is 13.9. The monoisotopic (exact) mass is 678 g/mol. The van der Waals surface area contributed by atoms with Crippen molar-refractivity contribution in [1.82, 2.24) is 0 Å². The Morgan fingerprint density at radius 1 is 0.854 bits per heavy atom. The van der Waals surface area contributed by atoms with Crippen LogP contribution in [0.1, 0.15) is 103 Å². The van der Waals surface area contributed by atoms with Crippen LogP contribution in [-0.2, 0) is 46.4 Å². The summed E-state index contributed by atoms with van der Waals surface area (Å²) in [5, 5.41) is 0. The summed E-state index contributed by atoms with van der Waals surface area (Å²) >= 11 is 1.37. The number of benzene rings is 2. The first-order valence-electron chi connectivity index (χ1n) is 16.5. The van der Waals surface area contributed by atoms with E-state index in [1.165, 1.54) is 32.3 Å². The normalized spacial score (nSPS) is 19.5. The summed E-state index contributed by atoms with van der Waals surface area (Å²) in [6.45, 7) is 5.16. The Labute approximate surface area is 286 Å². The Morgan fingerprint density at radius 3 is 2.19 bits per heavy atom. The third-order valence-electron chi connectivity index (χ3n) is 8.69. The van der Waals surface area contributed by atoms with Gasteiger partial charge in [-0.1, -0.05) is 62.6 Å². The standard InChI is InChI=1S/C38H46O9S/c1-6-7-8-12-32(45-23-26-13-19-29(43-4)20-14-26)27-15-17-28(18-16-27)34-31(11-9-10-30-21-22-33(48-30)38(42)44-5)36(46-24(2)39)37(35(34)41)47-25(3)40/h13-22,31-32,34,36-37H,6-12,23H2,1-5H3/t31?,32?,34-,36?,37?/m1/s1. The minimum Gasteiger partial charge on any atom is -0.497 e. The number of unbranched alkanes of at least 4 members (excludes halogenated alkanes) is 2. The summed E-state index contributed by atoms with van der Waals surface area (Å²) in [4.78, 5) is 51.6. The van der Waals surface area contributed by atoms with Crippen LogP contribution in [0.15, 0.2) is 60.7 Å². The zero-order chi connectivity index (χ0) is 34.6. The van der Waals surface area contributed by atoms with Gasteiger partial charge in [-0.15, -0.1) is 11.3 Å². The number of ketones is 1. The first-order chi connectivity index (χ1) is 23.1. The van der Waals surface area contributed by atoms with E-state index in [-0.39, 0.29) is 17.9 Å². The molecule has 0 amide bonds. The maximum atomic E-state index is 13.9. The second-order valence-corrected chi connectivity index (χ2v) is 13.3. The second kappa shape index (κ2) is 17.9. The fourth-order valence-electron chi connectivity index (χ4n) is 6.35. The van der Waals surface area contributed by atoms with Gasteiger partial charge in [0.1, 0.15) is 16.7 Å². The molecule has 10 heteroatoms. The van der Waals surface area contributed by atoms with Gasteiger partial charge in [0, 0.05) is 24.6 Å². The first-order valence-corrected chi connectivity index (χ1v) is 17.4. The molecule has 0 saturated heterocycles. The smallest absolute Gasteiger partial charge is 0.348 e. The van der Waals surface area contributed by atoms with Crippen molar-refractivity contribution in [1.29, 1.82) is 0 Å². The van der Waals surface area contributed by atoms with E-state index < -0.39 is 36.0 Å². The number of hydrogen-bond acceptors (Lipinski definition) is 10. The summed E-state index contributed by atoms with van der Waals surface area (Å²) in [6.07, 6.45) is 3.70. The topological polar surface area (TPSA) is 114 Å². The Bertz CT molecular complexity index is 1510. The molecule has 0 aliphatic heterocycles. The quantitative estimate of drug-likeness (QED) is 0.0811. The van der Waals surface area contributed by atoms with E-state index in [2.05, 4.69) is 6.92 Å². The van der Waals surface area contributed by atoms with Crippen molar-refractivity contribution in [3.63, 3.8) is 0 Å². The van der Waals surface area contributed by atoms with Crippen molar-refractivity contribution in [2.75, 3.05) is 14.2 Å². The average molecular weight is 679 g/mol. The highest BCUT2D eigenvalue weighted by Crippen LogP contribution is 2.44. The number of thiophene rings is 1. The molecule has 5 atom stereocenters. The molecule has 258 valence electrons. The lowest BCUT2D eigenvalue weighted by atomic mass is 9.83. The van der Waals surface area contributed by atoms with Crippen molar-refractivity contribution in [2.45, 2.75) is 96.6 Å². The first kappa shape index (κ1) is 36.8. The molecule has 0 bridgehead atoms. The molecular weight excluding hydrogens is 632 g/mol. The molecule has 2 aromatic carbocycles. The Balaban J connectivity index is 1.56. The van der Waals surface area contributed by atoms with Gasteiger partial charge in [-0.3, -0.25) is 14.4 Å². The zero-order valence-electron chi connectivity index (χ0n) is 28.4. The van der Waals surface area contributed by atoms with Gasteiger partial charge in [-0.25, -0.2) is 4.79 Å². The van der Waals surface area contributed by atoms with E-state index in [1.54, 1.807) is 13.2 Å². The third kappa shape index (κ3) is 9.76. The van der Waals surface area contributed by atoms with Crippen LogP contribution in [-0.4, -0.2) is 50.1 Å². The highest BCUT2D eigenvalue weighted by atomic mass is 32.1. The molecule has 1 heterocycles. The number of hydrogen-bond donors (Lipinski definition) is 0. The molecule has 0 N–H and O–H groups in total. The zero-order valence-corrected chi connectivity index (χ0v) is 29.2. The van der Waals surface area contributed by atoms with Gasteiger partial charge < -0.3 is 23.7 Å². The molecule has 4 unspecified atom stereocenters. The van der Waals surface area contributed by atoms with E-state index in [0.717, 1.165) is 53.0 Å². The van der Waals surface area contributed by atoms with Gasteiger partial charge in [-0.2, -0.15) is 0 Å². The minimum absolute atomic E-state index is 0.133. The Hall–Kier alpha value is -4.02. The number of aryl methyl sites for hydroxylation is 1. The number of ether oxygens (including phenoxy) is 5. The van der Waals surface area contributed by atoms with E-state index in [4.69, 9.17) is 23.7 Å². The number of esters is 3. The molecule has 1 aromatic heterocycles. The van der Waals surface area contributed by atoms with Crippen LogP contribution in [0.3, 0.4) is 0 Å². The molecule has 1 aliphatic rings. The summed E-state index contributed by atoms with van der Waals surface area (Å²) in [5.74, 6) is -2.08. The molecule has 1 fully saturated rings. The number of methoxy groups -OCH3 is 2. The highest BCUT2D eigenvalue weighted by molar-refractivity contribution is 7.13. The molecule has 9 nitrogen and oxygen atoms in total. The van der Waals surface area contributed by atoms with E-state index >= 15 is 0 Å². The minimum atomic E-state index is -1.19. The molecule has 1 aliphatic carbocycles. The molecule has 3 aromatic rings. The predicted octanol–water partition coefficient (Wildman–Crippen LogP) is 7.55. The van der Waals surface area contributed by atoms with Crippen LogP contribution >= 0.6 is 11.3 Å². The molecule has 0 radical (unpaired) electrons. The van der Waals surface area contributed by atoms with Crippen molar-refractivity contribution in [2.24, 2.45) is 5.92 Å². The van der Waals surface area contributed by atoms with E-state index in [9.17, 15) is 19.2 Å². The lowest BCUT2D eigenvalue weighted by molar-refractivity contribution is -0.167. The van der Waals surface area contributed by atoms with Crippen molar-refractivity contribution >= 4 is 35.0 Å². The van der Waals surface area contributed by atoms with Crippen LogP contribution in [0.2, 0.25) is 0 Å². The second-order valence-electron chi connectivity index (χ2n) is 12.1. The van der Waals surface area contributed by atoms with Crippen LogP contribution in [0, 0.1) is 5.92 Å². The fraction of sp³-hybridized carbons (Fsp3) is 0.474. The van der Waals surface area contributed by atoms with Crippen molar-refractivity contribution < 1.29 is 42.9 Å². The maximum Gasteiger partial charge on any atom is 0.348 e. The fourth-order valence-corrected chi connectivity index (χ4v) is 7.32. The predicted molar refractivity (Wildman–Crippen MR) is 182 cm³/mol. The van der Waals surface area contributed by atoms with Crippen LogP contribution in [0.4, 0.5) is 0 Å². The molecule has 0 spiro atoms. The van der Waals surface area contributed by atoms with Gasteiger partial charge in [0.05, 0.1) is 32.8 Å². The van der Waals surface area contributed by atoms with Crippen LogP contribution < -0.4 is 4.74 Å². The Morgan fingerprint density at radius 2 is 1.56 bits per heavy atom. The van der Waals surface area contributed by atoms with Crippen LogP contribution in [0.25, 0.3) is 0 Å². The number of rotatable bonds is 17. The van der Waals surface area contributed by atoms with Gasteiger partial charge in [-0.05, 0) is 66.6 Å². The molecule has 48 heavy (non-hydrogen) atoms.